The van der Waals surface area contributed by atoms with Crippen LogP contribution in [0, 0.1) is 5.41 Å². The van der Waals surface area contributed by atoms with Crippen molar-refractivity contribution in [3.8, 4) is 0 Å². The van der Waals surface area contributed by atoms with Crippen LogP contribution in [0.3, 0.4) is 0 Å². The molecule has 6 heteroatoms. The van der Waals surface area contributed by atoms with Gasteiger partial charge < -0.3 is 20.3 Å². The highest BCUT2D eigenvalue weighted by Gasteiger charge is 2.37. The summed E-state index contributed by atoms with van der Waals surface area (Å²) < 4.78 is 5.18. The van der Waals surface area contributed by atoms with E-state index in [0.717, 1.165) is 32.1 Å². The molecule has 0 bridgehead atoms. The normalized spacial score (nSPS) is 14.1. The highest BCUT2D eigenvalue weighted by Crippen LogP contribution is 2.31. The van der Waals surface area contributed by atoms with Crippen molar-refractivity contribution >= 4 is 12.1 Å². The maximum absolute atomic E-state index is 11.8. The van der Waals surface area contributed by atoms with E-state index >= 15 is 0 Å². The molecule has 0 aromatic heterocycles. The number of aliphatic hydroxyl groups is 1. The summed E-state index contributed by atoms with van der Waals surface area (Å²) in [6.07, 6.45) is 4.45. The first-order valence-corrected chi connectivity index (χ1v) is 8.48. The predicted octanol–water partition coefficient (Wildman–Crippen LogP) is 3.33. The van der Waals surface area contributed by atoms with E-state index in [1.54, 1.807) is 20.8 Å². The SMILES string of the molecule is CCCC(CCCCCCO)(CNC(=O)OC(C)(C)C)C(=O)O. The molecule has 0 spiro atoms. The Hall–Kier alpha value is -1.30. The van der Waals surface area contributed by atoms with Gasteiger partial charge in [-0.15, -0.1) is 0 Å². The number of aliphatic hydroxyl groups excluding tert-OH is 1. The van der Waals surface area contributed by atoms with Gasteiger partial charge in [0.05, 0.1) is 5.41 Å². The Labute approximate surface area is 139 Å². The number of carbonyl (C=O) groups is 2. The molecule has 0 heterocycles. The summed E-state index contributed by atoms with van der Waals surface area (Å²) in [6, 6.07) is 0. The zero-order valence-electron chi connectivity index (χ0n) is 15.0. The maximum Gasteiger partial charge on any atom is 0.407 e. The van der Waals surface area contributed by atoms with Crippen molar-refractivity contribution in [3.63, 3.8) is 0 Å². The number of rotatable bonds is 11. The summed E-state index contributed by atoms with van der Waals surface area (Å²) in [7, 11) is 0. The Morgan fingerprint density at radius 3 is 2.13 bits per heavy atom. The topological polar surface area (TPSA) is 95.9 Å². The van der Waals surface area contributed by atoms with E-state index in [1.165, 1.54) is 0 Å². The number of unbranched alkanes of at least 4 members (excludes halogenated alkanes) is 3. The number of hydrogen-bond acceptors (Lipinski definition) is 4. The molecular formula is C17H33NO5. The van der Waals surface area contributed by atoms with Gasteiger partial charge in [-0.05, 0) is 40.0 Å². The lowest BCUT2D eigenvalue weighted by atomic mass is 9.78. The molecule has 0 aliphatic rings. The van der Waals surface area contributed by atoms with Gasteiger partial charge in [0.1, 0.15) is 5.60 Å². The van der Waals surface area contributed by atoms with Gasteiger partial charge in [-0.25, -0.2) is 4.79 Å². The van der Waals surface area contributed by atoms with Crippen LogP contribution in [-0.4, -0.2) is 41.0 Å². The van der Waals surface area contributed by atoms with Crippen molar-refractivity contribution in [2.45, 2.75) is 78.2 Å². The van der Waals surface area contributed by atoms with E-state index in [2.05, 4.69) is 5.32 Å². The first-order valence-electron chi connectivity index (χ1n) is 8.48. The molecule has 0 rings (SSSR count). The van der Waals surface area contributed by atoms with Gasteiger partial charge in [0.25, 0.3) is 0 Å². The lowest BCUT2D eigenvalue weighted by molar-refractivity contribution is -0.149. The lowest BCUT2D eigenvalue weighted by Gasteiger charge is -2.30. The fourth-order valence-corrected chi connectivity index (χ4v) is 2.55. The molecule has 0 saturated carbocycles. The Balaban J connectivity index is 4.65. The number of hydrogen-bond donors (Lipinski definition) is 3. The van der Waals surface area contributed by atoms with Crippen LogP contribution in [-0.2, 0) is 9.53 Å². The third-order valence-electron chi connectivity index (χ3n) is 3.72. The van der Waals surface area contributed by atoms with Crippen molar-refractivity contribution in [1.29, 1.82) is 0 Å². The highest BCUT2D eigenvalue weighted by atomic mass is 16.6. The van der Waals surface area contributed by atoms with E-state index in [-0.39, 0.29) is 13.2 Å². The molecule has 136 valence electrons. The number of alkyl carbamates (subject to hydrolysis) is 1. The molecule has 1 atom stereocenters. The van der Waals surface area contributed by atoms with E-state index in [0.29, 0.717) is 12.8 Å². The molecule has 0 saturated heterocycles. The van der Waals surface area contributed by atoms with Crippen molar-refractivity contribution in [2.24, 2.45) is 5.41 Å². The van der Waals surface area contributed by atoms with Crippen LogP contribution < -0.4 is 5.32 Å². The maximum atomic E-state index is 11.8. The van der Waals surface area contributed by atoms with Crippen molar-refractivity contribution in [3.05, 3.63) is 0 Å². The molecule has 6 nitrogen and oxygen atoms in total. The van der Waals surface area contributed by atoms with E-state index in [4.69, 9.17) is 9.84 Å². The Bertz CT molecular complexity index is 364. The van der Waals surface area contributed by atoms with Gasteiger partial charge in [-0.2, -0.15) is 0 Å². The van der Waals surface area contributed by atoms with Crippen molar-refractivity contribution < 1.29 is 24.5 Å². The minimum Gasteiger partial charge on any atom is -0.481 e. The number of aliphatic carboxylic acids is 1. The molecule has 0 radical (unpaired) electrons. The van der Waals surface area contributed by atoms with Crippen LogP contribution in [0.15, 0.2) is 0 Å². The third kappa shape index (κ3) is 9.43. The lowest BCUT2D eigenvalue weighted by Crippen LogP contribution is -2.44. The number of carbonyl (C=O) groups excluding carboxylic acids is 1. The molecule has 1 unspecified atom stereocenters. The zero-order chi connectivity index (χ0) is 17.9. The van der Waals surface area contributed by atoms with Crippen molar-refractivity contribution in [1.82, 2.24) is 5.32 Å². The predicted molar refractivity (Wildman–Crippen MR) is 89.4 cm³/mol. The largest absolute Gasteiger partial charge is 0.481 e. The molecule has 23 heavy (non-hydrogen) atoms. The first-order chi connectivity index (χ1) is 10.7. The number of ether oxygens (including phenoxy) is 1. The Morgan fingerprint density at radius 1 is 1.04 bits per heavy atom. The molecule has 0 aliphatic heterocycles. The number of nitrogens with one attached hydrogen (secondary N) is 1. The minimum atomic E-state index is -0.954. The molecule has 1 amide bonds. The smallest absolute Gasteiger partial charge is 0.407 e. The summed E-state index contributed by atoms with van der Waals surface area (Å²) in [5.74, 6) is -0.877. The number of carboxylic acid groups (broad SMARTS) is 1. The molecule has 3 N–H and O–H groups in total. The molecule has 0 fully saturated rings. The third-order valence-corrected chi connectivity index (χ3v) is 3.72. The average Bonchev–Trinajstić information content (AvgIpc) is 2.42. The van der Waals surface area contributed by atoms with Gasteiger partial charge in [0.15, 0.2) is 0 Å². The van der Waals surface area contributed by atoms with Gasteiger partial charge in [-0.1, -0.05) is 32.6 Å². The number of amides is 1. The second kappa shape index (κ2) is 10.5. The van der Waals surface area contributed by atoms with Crippen LogP contribution in [0.2, 0.25) is 0 Å². The summed E-state index contributed by atoms with van der Waals surface area (Å²) in [4.78, 5) is 23.6. The Morgan fingerprint density at radius 2 is 1.65 bits per heavy atom. The van der Waals surface area contributed by atoms with Crippen LogP contribution in [0.25, 0.3) is 0 Å². The number of carboxylic acids is 1. The van der Waals surface area contributed by atoms with Gasteiger partial charge >= 0.3 is 12.1 Å². The fraction of sp³-hybridized carbons (Fsp3) is 0.882. The fourth-order valence-electron chi connectivity index (χ4n) is 2.55. The average molecular weight is 331 g/mol. The zero-order valence-corrected chi connectivity index (χ0v) is 15.0. The van der Waals surface area contributed by atoms with Crippen LogP contribution in [0.1, 0.15) is 72.6 Å². The standard InChI is InChI=1S/C17H33NO5/c1-5-10-17(14(20)21,11-8-6-7-9-12-19)13-18-15(22)23-16(2,3)4/h19H,5-13H2,1-4H3,(H,18,22)(H,20,21). The Kier molecular flexibility index (Phi) is 9.88. The first kappa shape index (κ1) is 21.7. The summed E-state index contributed by atoms with van der Waals surface area (Å²) in [5.41, 5.74) is -1.56. The monoisotopic (exact) mass is 331 g/mol. The van der Waals surface area contributed by atoms with E-state index in [1.807, 2.05) is 6.92 Å². The van der Waals surface area contributed by atoms with Gasteiger partial charge in [-0.3, -0.25) is 4.79 Å². The highest BCUT2D eigenvalue weighted by molar-refractivity contribution is 5.76. The second-order valence-electron chi connectivity index (χ2n) is 7.08. The van der Waals surface area contributed by atoms with Crippen molar-refractivity contribution in [2.75, 3.05) is 13.2 Å². The quantitative estimate of drug-likeness (QED) is 0.505. The van der Waals surface area contributed by atoms with Gasteiger partial charge in [0.2, 0.25) is 0 Å². The minimum absolute atomic E-state index is 0.0745. The second-order valence-corrected chi connectivity index (χ2v) is 7.08. The summed E-state index contributed by atoms with van der Waals surface area (Å²) in [5, 5.41) is 21.1. The van der Waals surface area contributed by atoms with Crippen LogP contribution >= 0.6 is 0 Å². The summed E-state index contributed by atoms with van der Waals surface area (Å²) in [6.45, 7) is 7.49. The summed E-state index contributed by atoms with van der Waals surface area (Å²) >= 11 is 0. The van der Waals surface area contributed by atoms with E-state index in [9.17, 15) is 14.7 Å². The molecular weight excluding hydrogens is 298 g/mol. The molecule has 0 aromatic carbocycles. The van der Waals surface area contributed by atoms with Crippen LogP contribution in [0.4, 0.5) is 4.79 Å². The molecule has 0 aromatic rings. The van der Waals surface area contributed by atoms with Gasteiger partial charge in [0, 0.05) is 13.2 Å². The molecule has 0 aliphatic carbocycles. The van der Waals surface area contributed by atoms with E-state index < -0.39 is 23.1 Å². The van der Waals surface area contributed by atoms with Crippen LogP contribution in [0.5, 0.6) is 0 Å².